The summed E-state index contributed by atoms with van der Waals surface area (Å²) in [4.78, 5) is 0. The Balaban J connectivity index is 2.65. The normalized spacial score (nSPS) is 39.5. The molecule has 0 aromatic rings. The lowest BCUT2D eigenvalue weighted by Gasteiger charge is -2.43. The van der Waals surface area contributed by atoms with E-state index in [1.165, 1.54) is 0 Å². The van der Waals surface area contributed by atoms with Crippen LogP contribution in [0.5, 0.6) is 0 Å². The van der Waals surface area contributed by atoms with Gasteiger partial charge in [-0.3, -0.25) is 0 Å². The minimum atomic E-state index is -0.424. The minimum Gasteiger partial charge on any atom is -0.329 e. The molecular formula is C8H20N4. The monoisotopic (exact) mass is 172 g/mol. The van der Waals surface area contributed by atoms with Crippen LogP contribution in [-0.2, 0) is 0 Å². The van der Waals surface area contributed by atoms with Crippen molar-refractivity contribution in [1.29, 1.82) is 0 Å². The van der Waals surface area contributed by atoms with Crippen LogP contribution in [0.4, 0.5) is 0 Å². The summed E-state index contributed by atoms with van der Waals surface area (Å²) in [5.74, 6) is 0. The molecule has 0 bridgehead atoms. The van der Waals surface area contributed by atoms with Gasteiger partial charge in [-0.05, 0) is 12.8 Å². The van der Waals surface area contributed by atoms with Gasteiger partial charge in [-0.15, -0.1) is 0 Å². The van der Waals surface area contributed by atoms with Gasteiger partial charge in [-0.1, -0.05) is 12.8 Å². The molecule has 1 rings (SSSR count). The smallest absolute Gasteiger partial charge is 0.0473 e. The fourth-order valence-electron chi connectivity index (χ4n) is 1.93. The summed E-state index contributed by atoms with van der Waals surface area (Å²) >= 11 is 0. The van der Waals surface area contributed by atoms with Gasteiger partial charge in [0, 0.05) is 24.2 Å². The molecule has 0 heterocycles. The molecule has 0 aromatic heterocycles. The van der Waals surface area contributed by atoms with Gasteiger partial charge in [0.15, 0.2) is 0 Å². The summed E-state index contributed by atoms with van der Waals surface area (Å²) in [5, 5.41) is 0. The van der Waals surface area contributed by atoms with Crippen LogP contribution >= 0.6 is 0 Å². The predicted octanol–water partition coefficient (Wildman–Crippen LogP) is -1.13. The largest absolute Gasteiger partial charge is 0.329 e. The third-order valence-corrected chi connectivity index (χ3v) is 3.01. The van der Waals surface area contributed by atoms with Crippen molar-refractivity contribution in [1.82, 2.24) is 0 Å². The van der Waals surface area contributed by atoms with Crippen LogP contribution in [-0.4, -0.2) is 24.2 Å². The molecule has 0 aromatic carbocycles. The molecule has 12 heavy (non-hydrogen) atoms. The zero-order valence-electron chi connectivity index (χ0n) is 7.50. The molecule has 4 heteroatoms. The van der Waals surface area contributed by atoms with E-state index in [1.54, 1.807) is 0 Å². The first-order valence-corrected chi connectivity index (χ1v) is 4.61. The van der Waals surface area contributed by atoms with Gasteiger partial charge in [0.1, 0.15) is 0 Å². The molecule has 0 spiro atoms. The highest BCUT2D eigenvalue weighted by atomic mass is 14.9. The molecule has 0 aliphatic heterocycles. The fraction of sp³-hybridized carbons (Fsp3) is 1.00. The summed E-state index contributed by atoms with van der Waals surface area (Å²) in [6.07, 6.45) is 4.17. The Morgan fingerprint density at radius 2 is 2.08 bits per heavy atom. The van der Waals surface area contributed by atoms with Crippen LogP contribution in [0.2, 0.25) is 0 Å². The van der Waals surface area contributed by atoms with E-state index in [-0.39, 0.29) is 12.1 Å². The van der Waals surface area contributed by atoms with E-state index in [0.717, 1.165) is 25.7 Å². The van der Waals surface area contributed by atoms with Crippen LogP contribution < -0.4 is 22.9 Å². The average Bonchev–Trinajstić information content (AvgIpc) is 2.09. The van der Waals surface area contributed by atoms with Crippen LogP contribution in [0.1, 0.15) is 25.7 Å². The molecule has 1 aliphatic carbocycles. The Kier molecular flexibility index (Phi) is 3.06. The number of hydrogen-bond acceptors (Lipinski definition) is 4. The van der Waals surface area contributed by atoms with Crippen molar-refractivity contribution in [2.24, 2.45) is 22.9 Å². The van der Waals surface area contributed by atoms with E-state index in [2.05, 4.69) is 0 Å². The minimum absolute atomic E-state index is 0.0183. The van der Waals surface area contributed by atoms with E-state index in [9.17, 15) is 0 Å². The van der Waals surface area contributed by atoms with Crippen molar-refractivity contribution in [2.45, 2.75) is 43.3 Å². The van der Waals surface area contributed by atoms with Crippen molar-refractivity contribution in [2.75, 3.05) is 6.54 Å². The van der Waals surface area contributed by atoms with Gasteiger partial charge in [-0.2, -0.15) is 0 Å². The SMILES string of the molecule is NCC(N)[C@@]1(N)CCCC[C@H]1N. The molecule has 1 saturated carbocycles. The molecule has 0 radical (unpaired) electrons. The maximum Gasteiger partial charge on any atom is 0.0473 e. The zero-order chi connectivity index (χ0) is 9.19. The Hall–Kier alpha value is -0.160. The van der Waals surface area contributed by atoms with E-state index >= 15 is 0 Å². The molecule has 72 valence electrons. The second kappa shape index (κ2) is 3.70. The highest BCUT2D eigenvalue weighted by molar-refractivity contribution is 5.04. The van der Waals surface area contributed by atoms with Crippen molar-refractivity contribution in [3.05, 3.63) is 0 Å². The highest BCUT2D eigenvalue weighted by Gasteiger charge is 2.39. The van der Waals surface area contributed by atoms with Crippen LogP contribution in [0.25, 0.3) is 0 Å². The number of rotatable bonds is 2. The van der Waals surface area contributed by atoms with E-state index in [1.807, 2.05) is 0 Å². The number of hydrogen-bond donors (Lipinski definition) is 4. The molecule has 1 aliphatic rings. The first-order valence-electron chi connectivity index (χ1n) is 4.61. The lowest BCUT2D eigenvalue weighted by molar-refractivity contribution is 0.214. The molecule has 8 N–H and O–H groups in total. The van der Waals surface area contributed by atoms with Crippen molar-refractivity contribution in [3.63, 3.8) is 0 Å². The standard InChI is InChI=1S/C8H20N4/c9-5-7(11)8(12)4-2-1-3-6(8)10/h6-7H,1-5,9-12H2/t6-,7?,8-/m1/s1. The van der Waals surface area contributed by atoms with Gasteiger partial charge in [0.2, 0.25) is 0 Å². The highest BCUT2D eigenvalue weighted by Crippen LogP contribution is 2.26. The first-order chi connectivity index (χ1) is 5.61. The van der Waals surface area contributed by atoms with Crippen molar-refractivity contribution in [3.8, 4) is 0 Å². The Labute approximate surface area is 73.6 Å². The maximum atomic E-state index is 6.13. The lowest BCUT2D eigenvalue weighted by Crippen LogP contribution is -2.68. The summed E-state index contributed by atoms with van der Waals surface area (Å²) in [6.45, 7) is 0.421. The van der Waals surface area contributed by atoms with Gasteiger partial charge >= 0.3 is 0 Å². The summed E-state index contributed by atoms with van der Waals surface area (Å²) < 4.78 is 0. The van der Waals surface area contributed by atoms with E-state index in [4.69, 9.17) is 22.9 Å². The topological polar surface area (TPSA) is 104 Å². The third kappa shape index (κ3) is 1.61. The maximum absolute atomic E-state index is 6.13. The second-order valence-corrected chi connectivity index (χ2v) is 3.81. The Morgan fingerprint density at radius 3 is 2.58 bits per heavy atom. The predicted molar refractivity (Wildman–Crippen MR) is 50.4 cm³/mol. The first kappa shape index (κ1) is 9.92. The van der Waals surface area contributed by atoms with Crippen molar-refractivity contribution < 1.29 is 0 Å². The quantitative estimate of drug-likeness (QED) is 0.423. The zero-order valence-corrected chi connectivity index (χ0v) is 7.50. The third-order valence-electron chi connectivity index (χ3n) is 3.01. The lowest BCUT2D eigenvalue weighted by atomic mass is 9.74. The molecule has 4 nitrogen and oxygen atoms in total. The van der Waals surface area contributed by atoms with Gasteiger partial charge in [0.25, 0.3) is 0 Å². The average molecular weight is 172 g/mol. The molecule has 1 unspecified atom stereocenters. The summed E-state index contributed by atoms with van der Waals surface area (Å²) in [5.41, 5.74) is 23.0. The molecule has 1 fully saturated rings. The van der Waals surface area contributed by atoms with Gasteiger partial charge < -0.3 is 22.9 Å². The fourth-order valence-corrected chi connectivity index (χ4v) is 1.93. The molecule has 0 amide bonds. The van der Waals surface area contributed by atoms with Crippen molar-refractivity contribution >= 4 is 0 Å². The van der Waals surface area contributed by atoms with Crippen LogP contribution in [0, 0.1) is 0 Å². The van der Waals surface area contributed by atoms with E-state index in [0.29, 0.717) is 6.54 Å². The van der Waals surface area contributed by atoms with Gasteiger partial charge in [0.05, 0.1) is 0 Å². The van der Waals surface area contributed by atoms with Crippen LogP contribution in [0.15, 0.2) is 0 Å². The molecule has 3 atom stereocenters. The second-order valence-electron chi connectivity index (χ2n) is 3.81. The van der Waals surface area contributed by atoms with Crippen LogP contribution in [0.3, 0.4) is 0 Å². The Bertz CT molecular complexity index is 144. The van der Waals surface area contributed by atoms with E-state index < -0.39 is 5.54 Å². The Morgan fingerprint density at radius 1 is 1.42 bits per heavy atom. The molecular weight excluding hydrogens is 152 g/mol. The summed E-state index contributed by atoms with van der Waals surface area (Å²) in [7, 11) is 0. The number of nitrogens with two attached hydrogens (primary N) is 4. The molecule has 0 saturated heterocycles. The van der Waals surface area contributed by atoms with Gasteiger partial charge in [-0.25, -0.2) is 0 Å². The summed E-state index contributed by atoms with van der Waals surface area (Å²) in [6, 6.07) is -0.141.